The maximum absolute atomic E-state index is 13.2. The summed E-state index contributed by atoms with van der Waals surface area (Å²) in [6.45, 7) is -0.464. The van der Waals surface area contributed by atoms with E-state index in [9.17, 15) is 22.9 Å². The largest absolute Gasteiger partial charge is 0.445 e. The highest BCUT2D eigenvalue weighted by atomic mass is 32.2. The van der Waals surface area contributed by atoms with Crippen molar-refractivity contribution in [3.05, 3.63) is 34.4 Å². The fraction of sp³-hybridized carbons (Fsp3) is 0.364. The van der Waals surface area contributed by atoms with Crippen LogP contribution in [0.1, 0.15) is 6.42 Å². The topological polar surface area (TPSA) is 120 Å². The highest BCUT2D eigenvalue weighted by Gasteiger charge is 2.30. The summed E-state index contributed by atoms with van der Waals surface area (Å²) in [5, 5.41) is 17.6. The van der Waals surface area contributed by atoms with E-state index in [2.05, 4.69) is 4.65 Å². The van der Waals surface area contributed by atoms with Crippen LogP contribution in [-0.4, -0.2) is 46.5 Å². The first-order chi connectivity index (χ1) is 10.3. The lowest BCUT2D eigenvalue weighted by Gasteiger charge is -2.17. The molecule has 0 aromatic heterocycles. The number of para-hydroxylation sites is 1. The first-order valence-electron chi connectivity index (χ1n) is 5.95. The number of halogens is 1. The molecule has 118 valence electrons. The molecular formula is C11H12BFN2O6S. The molecule has 1 aromatic carbocycles. The van der Waals surface area contributed by atoms with Crippen LogP contribution in [0.3, 0.4) is 0 Å². The van der Waals surface area contributed by atoms with Gasteiger partial charge in [-0.15, -0.1) is 0 Å². The van der Waals surface area contributed by atoms with Gasteiger partial charge in [-0.2, -0.15) is 8.42 Å². The van der Waals surface area contributed by atoms with Gasteiger partial charge in [0.25, 0.3) is 13.7 Å². The fourth-order valence-electron chi connectivity index (χ4n) is 1.61. The van der Waals surface area contributed by atoms with E-state index in [1.165, 1.54) is 12.1 Å². The van der Waals surface area contributed by atoms with E-state index in [-0.39, 0.29) is 0 Å². The van der Waals surface area contributed by atoms with Crippen LogP contribution in [-0.2, 0) is 19.0 Å². The van der Waals surface area contributed by atoms with Crippen molar-refractivity contribution in [2.75, 3.05) is 6.61 Å². The Kier molecular flexibility index (Phi) is 6.59. The second kappa shape index (κ2) is 7.96. The van der Waals surface area contributed by atoms with Gasteiger partial charge in [-0.3, -0.25) is 14.3 Å². The van der Waals surface area contributed by atoms with Crippen molar-refractivity contribution in [2.24, 2.45) is 0 Å². The van der Waals surface area contributed by atoms with Crippen LogP contribution in [0.2, 0.25) is 0 Å². The normalized spacial score (nSPS) is 14.2. The summed E-state index contributed by atoms with van der Waals surface area (Å²) in [5.74, 6) is 0. The van der Waals surface area contributed by atoms with E-state index < -0.39 is 50.9 Å². The van der Waals surface area contributed by atoms with Crippen LogP contribution in [0.5, 0.6) is 0 Å². The molecule has 0 amide bonds. The molecule has 0 aliphatic rings. The lowest BCUT2D eigenvalue weighted by atomic mass is 10.2. The van der Waals surface area contributed by atoms with Gasteiger partial charge in [0.15, 0.2) is 4.90 Å². The summed E-state index contributed by atoms with van der Waals surface area (Å²) >= 11 is 0. The molecule has 0 saturated heterocycles. The Morgan fingerprint density at radius 3 is 2.64 bits per heavy atom. The van der Waals surface area contributed by atoms with Crippen molar-refractivity contribution in [1.29, 1.82) is 5.41 Å². The Morgan fingerprint density at radius 1 is 1.45 bits per heavy atom. The zero-order chi connectivity index (χ0) is 16.8. The van der Waals surface area contributed by atoms with Gasteiger partial charge in [-0.25, -0.2) is 4.39 Å². The lowest BCUT2D eigenvalue weighted by molar-refractivity contribution is -0.387. The lowest BCUT2D eigenvalue weighted by Crippen LogP contribution is -2.27. The van der Waals surface area contributed by atoms with Crippen LogP contribution in [0, 0.1) is 15.5 Å². The zero-order valence-corrected chi connectivity index (χ0v) is 12.0. The second-order valence-corrected chi connectivity index (χ2v) is 5.69. The quantitative estimate of drug-likeness (QED) is 0.238. The summed E-state index contributed by atoms with van der Waals surface area (Å²) in [6, 6.07) is 4.58. The number of benzene rings is 1. The van der Waals surface area contributed by atoms with Crippen molar-refractivity contribution >= 4 is 30.1 Å². The molecule has 8 nitrogen and oxygen atoms in total. The predicted molar refractivity (Wildman–Crippen MR) is 75.2 cm³/mol. The van der Waals surface area contributed by atoms with E-state index in [1.807, 2.05) is 0 Å². The molecule has 1 rings (SSSR count). The molecule has 0 aliphatic heterocycles. The first kappa shape index (κ1) is 18.2. The number of hydrogen-bond acceptors (Lipinski definition) is 7. The molecular weight excluding hydrogens is 318 g/mol. The van der Waals surface area contributed by atoms with Crippen LogP contribution in [0.15, 0.2) is 29.2 Å². The number of alkyl halides is 1. The minimum atomic E-state index is -4.53. The molecule has 1 aromatic rings. The number of hydrogen-bond donors (Lipinski definition) is 1. The van der Waals surface area contributed by atoms with Gasteiger partial charge >= 0.3 is 10.1 Å². The van der Waals surface area contributed by atoms with Gasteiger partial charge in [-0.05, 0) is 6.07 Å². The molecule has 0 bridgehead atoms. The van der Waals surface area contributed by atoms with Crippen LogP contribution in [0.25, 0.3) is 0 Å². The van der Waals surface area contributed by atoms with Crippen molar-refractivity contribution in [1.82, 2.24) is 0 Å². The van der Waals surface area contributed by atoms with E-state index in [0.29, 0.717) is 6.21 Å². The minimum Gasteiger partial charge on any atom is -0.445 e. The number of nitro groups is 1. The first-order valence-corrected chi connectivity index (χ1v) is 7.35. The predicted octanol–water partition coefficient (Wildman–Crippen LogP) is 1.15. The van der Waals surface area contributed by atoms with Gasteiger partial charge in [0.05, 0.1) is 11.5 Å². The third-order valence-corrected chi connectivity index (χ3v) is 3.95. The van der Waals surface area contributed by atoms with Crippen LogP contribution in [0.4, 0.5) is 10.1 Å². The summed E-state index contributed by atoms with van der Waals surface area (Å²) in [5.41, 5.74) is -0.668. The smallest absolute Gasteiger partial charge is 0.304 e. The van der Waals surface area contributed by atoms with Crippen molar-refractivity contribution in [3.8, 4) is 0 Å². The molecule has 0 aliphatic carbocycles. The highest BCUT2D eigenvalue weighted by Crippen LogP contribution is 2.26. The SMILES string of the molecule is [B]OC[C@H](C[C@H](F)C=N)OS(=O)(=O)c1ccccc1[N+](=O)[O-]. The molecule has 0 unspecified atom stereocenters. The van der Waals surface area contributed by atoms with E-state index in [1.54, 1.807) is 0 Å². The van der Waals surface area contributed by atoms with Crippen molar-refractivity contribution < 1.29 is 26.6 Å². The van der Waals surface area contributed by atoms with Crippen molar-refractivity contribution in [2.45, 2.75) is 23.6 Å². The number of rotatable bonds is 9. The monoisotopic (exact) mass is 330 g/mol. The Hall–Kier alpha value is -1.85. The molecule has 0 fully saturated rings. The van der Waals surface area contributed by atoms with Gasteiger partial charge in [0.1, 0.15) is 12.3 Å². The summed E-state index contributed by atoms with van der Waals surface area (Å²) in [7, 11) is 0.289. The van der Waals surface area contributed by atoms with Gasteiger partial charge in [0, 0.05) is 18.7 Å². The summed E-state index contributed by atoms with van der Waals surface area (Å²) in [6.07, 6.45) is -3.13. The Morgan fingerprint density at radius 2 is 2.09 bits per heavy atom. The standard InChI is InChI=1S/C11H12BFN2O6S/c12-20-7-9(5-8(13)6-14)21-22(18,19)11-4-2-1-3-10(11)15(16)17/h1-4,6,8-9,14H,5,7H2/t8-,9-/m0/s1. The molecule has 11 heteroatoms. The fourth-order valence-corrected chi connectivity index (χ4v) is 2.85. The van der Waals surface area contributed by atoms with Crippen LogP contribution >= 0.6 is 0 Å². The molecule has 2 atom stereocenters. The van der Waals surface area contributed by atoms with Gasteiger partial charge < -0.3 is 10.1 Å². The second-order valence-electron chi connectivity index (χ2n) is 4.15. The molecule has 0 saturated carbocycles. The Bertz CT molecular complexity index is 641. The summed E-state index contributed by atoms with van der Waals surface area (Å²) < 4.78 is 46.4. The summed E-state index contributed by atoms with van der Waals surface area (Å²) in [4.78, 5) is 9.32. The molecule has 0 spiro atoms. The average molecular weight is 330 g/mol. The Labute approximate surface area is 127 Å². The number of nitrogens with one attached hydrogen (secondary N) is 1. The molecule has 1 N–H and O–H groups in total. The Balaban J connectivity index is 3.07. The van der Waals surface area contributed by atoms with Crippen LogP contribution < -0.4 is 0 Å². The maximum Gasteiger partial charge on any atom is 0.304 e. The van der Waals surface area contributed by atoms with E-state index in [0.717, 1.165) is 12.1 Å². The maximum atomic E-state index is 13.2. The van der Waals surface area contributed by atoms with E-state index in [4.69, 9.17) is 17.6 Å². The average Bonchev–Trinajstić information content (AvgIpc) is 2.46. The number of nitro benzene ring substituents is 1. The van der Waals surface area contributed by atoms with Gasteiger partial charge in [-0.1, -0.05) is 12.1 Å². The molecule has 0 heterocycles. The minimum absolute atomic E-state index is 0.463. The zero-order valence-electron chi connectivity index (χ0n) is 11.2. The third-order valence-electron chi connectivity index (χ3n) is 2.55. The van der Waals surface area contributed by atoms with E-state index >= 15 is 0 Å². The molecule has 22 heavy (non-hydrogen) atoms. The van der Waals surface area contributed by atoms with Crippen molar-refractivity contribution in [3.63, 3.8) is 0 Å². The third kappa shape index (κ3) is 4.86. The van der Waals surface area contributed by atoms with Gasteiger partial charge in [0.2, 0.25) is 0 Å². The highest BCUT2D eigenvalue weighted by molar-refractivity contribution is 7.87. The molecule has 2 radical (unpaired) electrons. The number of nitrogens with zero attached hydrogens (tertiary/aromatic N) is 1.